The normalized spacial score (nSPS) is 15.7. The van der Waals surface area contributed by atoms with E-state index in [9.17, 15) is 9.59 Å². The molecule has 0 radical (unpaired) electrons. The van der Waals surface area contributed by atoms with Crippen LogP contribution in [0, 0.1) is 0 Å². The van der Waals surface area contributed by atoms with Crippen molar-refractivity contribution < 1.29 is 23.8 Å². The molecule has 0 saturated heterocycles. The number of amides is 2. The minimum atomic E-state index is -0.517. The first-order valence-electron chi connectivity index (χ1n) is 8.45. The van der Waals surface area contributed by atoms with Crippen molar-refractivity contribution in [3.05, 3.63) is 41.5 Å². The molecule has 0 fully saturated rings. The van der Waals surface area contributed by atoms with Gasteiger partial charge in [0.2, 0.25) is 0 Å². The van der Waals surface area contributed by atoms with Crippen LogP contribution in [0.3, 0.4) is 0 Å². The molecule has 1 aliphatic heterocycles. The number of fused-ring (bicyclic) bond motifs is 1. The molecule has 0 aliphatic carbocycles. The molecule has 1 aliphatic rings. The van der Waals surface area contributed by atoms with Crippen LogP contribution in [0.25, 0.3) is 0 Å². The van der Waals surface area contributed by atoms with Crippen LogP contribution in [-0.4, -0.2) is 61.3 Å². The summed E-state index contributed by atoms with van der Waals surface area (Å²) in [6.45, 7) is 0.244. The fourth-order valence-electron chi connectivity index (χ4n) is 3.26. The summed E-state index contributed by atoms with van der Waals surface area (Å²) in [6.07, 6.45) is 2.24. The van der Waals surface area contributed by atoms with E-state index in [4.69, 9.17) is 9.47 Å². The largest absolute Gasteiger partial charge is 0.493 e. The number of rotatable bonds is 5. The first-order chi connectivity index (χ1) is 13.1. The van der Waals surface area contributed by atoms with Crippen molar-refractivity contribution in [2.75, 3.05) is 34.4 Å². The van der Waals surface area contributed by atoms with E-state index >= 15 is 0 Å². The number of esters is 1. The van der Waals surface area contributed by atoms with Gasteiger partial charge in [0, 0.05) is 24.2 Å². The summed E-state index contributed by atoms with van der Waals surface area (Å²) in [5.74, 6) is 0.579. The number of H-pyrrole nitrogens is 1. The summed E-state index contributed by atoms with van der Waals surface area (Å²) >= 11 is 0. The Balaban J connectivity index is 2.00. The molecule has 27 heavy (non-hydrogen) atoms. The predicted octanol–water partition coefficient (Wildman–Crippen LogP) is 1.26. The van der Waals surface area contributed by atoms with Crippen LogP contribution in [0.1, 0.15) is 23.0 Å². The predicted molar refractivity (Wildman–Crippen MR) is 95.8 cm³/mol. The highest BCUT2D eigenvalue weighted by Gasteiger charge is 2.36. The number of benzene rings is 1. The fraction of sp³-hybridized carbons (Fsp3) is 0.389. The third kappa shape index (κ3) is 3.53. The summed E-state index contributed by atoms with van der Waals surface area (Å²) < 4.78 is 15.5. The standard InChI is InChI=1S/C18H22N4O5/c1-25-13-6-4-5-11(17(13)27-3)16-15-12(20-10-21-15)7-8-22(16)18(24)19-9-14(23)26-2/h4-6,10,16H,7-9H2,1-3H3,(H,19,24)(H,20,21)/t16-/m1/s1. The molecule has 1 aromatic heterocycles. The maximum absolute atomic E-state index is 12.8. The fourth-order valence-corrected chi connectivity index (χ4v) is 3.26. The Morgan fingerprint density at radius 2 is 2.11 bits per heavy atom. The number of hydrogen-bond donors (Lipinski definition) is 2. The lowest BCUT2D eigenvalue weighted by molar-refractivity contribution is -0.139. The molecule has 0 bridgehead atoms. The molecular formula is C18H22N4O5. The first kappa shape index (κ1) is 18.6. The van der Waals surface area contributed by atoms with E-state index in [0.717, 1.165) is 17.0 Å². The van der Waals surface area contributed by atoms with E-state index in [1.807, 2.05) is 12.1 Å². The molecule has 3 rings (SSSR count). The van der Waals surface area contributed by atoms with Crippen LogP contribution in [-0.2, 0) is 16.0 Å². The Bertz CT molecular complexity index is 835. The Hall–Kier alpha value is -3.23. The summed E-state index contributed by atoms with van der Waals surface area (Å²) in [4.78, 5) is 33.3. The van der Waals surface area contributed by atoms with Crippen molar-refractivity contribution in [3.63, 3.8) is 0 Å². The molecule has 0 saturated carbocycles. The summed E-state index contributed by atoms with van der Waals surface area (Å²) in [5.41, 5.74) is 2.45. The van der Waals surface area contributed by atoms with Crippen molar-refractivity contribution in [3.8, 4) is 11.5 Å². The van der Waals surface area contributed by atoms with Gasteiger partial charge in [-0.05, 0) is 6.07 Å². The monoisotopic (exact) mass is 374 g/mol. The molecule has 1 aromatic carbocycles. The number of aromatic nitrogens is 2. The maximum atomic E-state index is 12.8. The van der Waals surface area contributed by atoms with Gasteiger partial charge in [-0.15, -0.1) is 0 Å². The van der Waals surface area contributed by atoms with Gasteiger partial charge in [-0.25, -0.2) is 9.78 Å². The molecule has 0 spiro atoms. The molecule has 144 valence electrons. The zero-order valence-electron chi connectivity index (χ0n) is 15.4. The highest BCUT2D eigenvalue weighted by molar-refractivity contribution is 5.81. The van der Waals surface area contributed by atoms with Gasteiger partial charge in [-0.3, -0.25) is 4.79 Å². The van der Waals surface area contributed by atoms with Crippen molar-refractivity contribution in [1.82, 2.24) is 20.2 Å². The number of nitrogens with one attached hydrogen (secondary N) is 2. The zero-order chi connectivity index (χ0) is 19.4. The van der Waals surface area contributed by atoms with Crippen LogP contribution in [0.2, 0.25) is 0 Å². The SMILES string of the molecule is COC(=O)CNC(=O)N1CCc2[nH]cnc2[C@H]1c1cccc(OC)c1OC. The number of aromatic amines is 1. The van der Waals surface area contributed by atoms with Crippen LogP contribution in [0.4, 0.5) is 4.79 Å². The average Bonchev–Trinajstić information content (AvgIpc) is 3.18. The number of methoxy groups -OCH3 is 3. The third-order valence-corrected chi connectivity index (χ3v) is 4.53. The molecule has 2 amide bonds. The highest BCUT2D eigenvalue weighted by atomic mass is 16.5. The van der Waals surface area contributed by atoms with Gasteiger partial charge in [0.1, 0.15) is 12.6 Å². The molecule has 2 aromatic rings. The zero-order valence-corrected chi connectivity index (χ0v) is 15.4. The van der Waals surface area contributed by atoms with Gasteiger partial charge in [0.05, 0.1) is 33.4 Å². The van der Waals surface area contributed by atoms with Gasteiger partial charge in [0.25, 0.3) is 0 Å². The van der Waals surface area contributed by atoms with E-state index in [2.05, 4.69) is 20.0 Å². The number of carbonyl (C=O) groups is 2. The molecule has 2 heterocycles. The minimum Gasteiger partial charge on any atom is -0.493 e. The number of carbonyl (C=O) groups excluding carboxylic acids is 2. The smallest absolute Gasteiger partial charge is 0.325 e. The maximum Gasteiger partial charge on any atom is 0.325 e. The van der Waals surface area contributed by atoms with Gasteiger partial charge in [0.15, 0.2) is 11.5 Å². The van der Waals surface area contributed by atoms with Crippen LogP contribution in [0.15, 0.2) is 24.5 Å². The molecular weight excluding hydrogens is 352 g/mol. The summed E-state index contributed by atoms with van der Waals surface area (Å²) in [7, 11) is 4.38. The Morgan fingerprint density at radius 1 is 1.30 bits per heavy atom. The number of ether oxygens (including phenoxy) is 3. The second kappa shape index (κ2) is 7.98. The second-order valence-electron chi connectivity index (χ2n) is 5.93. The number of urea groups is 1. The quantitative estimate of drug-likeness (QED) is 0.763. The molecule has 0 unspecified atom stereocenters. The second-order valence-corrected chi connectivity index (χ2v) is 5.93. The molecule has 2 N–H and O–H groups in total. The number of para-hydroxylation sites is 1. The van der Waals surface area contributed by atoms with E-state index in [1.54, 1.807) is 31.5 Å². The van der Waals surface area contributed by atoms with Crippen molar-refractivity contribution in [2.45, 2.75) is 12.5 Å². The molecule has 9 nitrogen and oxygen atoms in total. The average molecular weight is 374 g/mol. The highest BCUT2D eigenvalue weighted by Crippen LogP contribution is 2.41. The van der Waals surface area contributed by atoms with E-state index < -0.39 is 12.0 Å². The Labute approximate surface area is 156 Å². The van der Waals surface area contributed by atoms with E-state index in [-0.39, 0.29) is 12.6 Å². The first-order valence-corrected chi connectivity index (χ1v) is 8.45. The third-order valence-electron chi connectivity index (χ3n) is 4.53. The van der Waals surface area contributed by atoms with E-state index in [0.29, 0.717) is 24.5 Å². The van der Waals surface area contributed by atoms with Crippen LogP contribution in [0.5, 0.6) is 11.5 Å². The van der Waals surface area contributed by atoms with Crippen LogP contribution < -0.4 is 14.8 Å². The van der Waals surface area contributed by atoms with Crippen molar-refractivity contribution in [1.29, 1.82) is 0 Å². The Morgan fingerprint density at radius 3 is 2.81 bits per heavy atom. The Kier molecular flexibility index (Phi) is 5.49. The molecule has 9 heteroatoms. The molecule has 1 atom stereocenters. The number of imidazole rings is 1. The summed E-state index contributed by atoms with van der Waals surface area (Å²) in [6, 6.07) is 4.63. The van der Waals surface area contributed by atoms with Gasteiger partial charge in [-0.2, -0.15) is 0 Å². The number of nitrogens with zero attached hydrogens (tertiary/aromatic N) is 2. The summed E-state index contributed by atoms with van der Waals surface area (Å²) in [5, 5.41) is 2.59. The van der Waals surface area contributed by atoms with Gasteiger partial charge < -0.3 is 29.4 Å². The van der Waals surface area contributed by atoms with E-state index in [1.165, 1.54) is 7.11 Å². The van der Waals surface area contributed by atoms with Gasteiger partial charge in [-0.1, -0.05) is 12.1 Å². The van der Waals surface area contributed by atoms with Gasteiger partial charge >= 0.3 is 12.0 Å². The topological polar surface area (TPSA) is 106 Å². The minimum absolute atomic E-state index is 0.207. The lowest BCUT2D eigenvalue weighted by Crippen LogP contribution is -2.47. The number of hydrogen-bond acceptors (Lipinski definition) is 6. The van der Waals surface area contributed by atoms with Crippen LogP contribution >= 0.6 is 0 Å². The van der Waals surface area contributed by atoms with Crippen molar-refractivity contribution in [2.24, 2.45) is 0 Å². The lowest BCUT2D eigenvalue weighted by atomic mass is 9.95. The van der Waals surface area contributed by atoms with Crippen molar-refractivity contribution >= 4 is 12.0 Å². The lowest BCUT2D eigenvalue weighted by Gasteiger charge is -2.35.